The average Bonchev–Trinajstić information content (AvgIpc) is 2.63. The lowest BCUT2D eigenvalue weighted by Crippen LogP contribution is -2.46. The molecule has 2 heterocycles. The minimum atomic E-state index is -3.52. The molecule has 1 aromatic carbocycles. The van der Waals surface area contributed by atoms with Gasteiger partial charge in [0.25, 0.3) is 11.5 Å². The number of H-pyrrole nitrogens is 1. The first-order valence-corrected chi connectivity index (χ1v) is 9.74. The van der Waals surface area contributed by atoms with Crippen molar-refractivity contribution in [3.63, 3.8) is 0 Å². The molecule has 26 heavy (non-hydrogen) atoms. The molecule has 0 bridgehead atoms. The van der Waals surface area contributed by atoms with E-state index in [0.29, 0.717) is 25.9 Å². The van der Waals surface area contributed by atoms with Crippen LogP contribution < -0.4 is 10.9 Å². The number of hydrogen-bond acceptors (Lipinski definition) is 5. The molecule has 1 aliphatic rings. The lowest BCUT2D eigenvalue weighted by molar-refractivity contribution is 0.0917. The molecule has 1 saturated heterocycles. The molecular weight excluding hydrogens is 356 g/mol. The Morgan fingerprint density at radius 1 is 1.15 bits per heavy atom. The molecule has 0 atom stereocenters. The number of nitrogens with one attached hydrogen (secondary N) is 2. The second-order valence-electron chi connectivity index (χ2n) is 6.27. The lowest BCUT2D eigenvalue weighted by Gasteiger charge is -2.31. The van der Waals surface area contributed by atoms with Crippen molar-refractivity contribution in [1.82, 2.24) is 19.8 Å². The number of carbonyl (C=O) groups excluding carboxylic acids is 1. The first-order valence-electron chi connectivity index (χ1n) is 8.30. The number of benzene rings is 1. The maximum absolute atomic E-state index is 12.7. The molecule has 2 N–H and O–H groups in total. The van der Waals surface area contributed by atoms with Crippen molar-refractivity contribution < 1.29 is 13.2 Å². The number of amides is 1. The smallest absolute Gasteiger partial charge is 0.271 e. The summed E-state index contributed by atoms with van der Waals surface area (Å²) in [6, 6.07) is 9.22. The fourth-order valence-corrected chi connectivity index (χ4v) is 4.30. The van der Waals surface area contributed by atoms with E-state index in [1.807, 2.05) is 6.92 Å². The van der Waals surface area contributed by atoms with Crippen LogP contribution in [0.1, 0.15) is 28.9 Å². The molecule has 0 spiro atoms. The summed E-state index contributed by atoms with van der Waals surface area (Å²) in [5, 5.41) is 8.73. The summed E-state index contributed by atoms with van der Waals surface area (Å²) in [5.41, 5.74) is 0.747. The van der Waals surface area contributed by atoms with Crippen molar-refractivity contribution in [2.75, 3.05) is 13.1 Å². The lowest BCUT2D eigenvalue weighted by atomic mass is 10.1. The summed E-state index contributed by atoms with van der Waals surface area (Å²) >= 11 is 0. The first kappa shape index (κ1) is 18.3. The highest BCUT2D eigenvalue weighted by Crippen LogP contribution is 2.21. The number of carbonyl (C=O) groups is 1. The quantitative estimate of drug-likeness (QED) is 0.814. The van der Waals surface area contributed by atoms with Gasteiger partial charge in [-0.05, 0) is 38.0 Å². The van der Waals surface area contributed by atoms with Gasteiger partial charge in [0.15, 0.2) is 0 Å². The van der Waals surface area contributed by atoms with Crippen molar-refractivity contribution in [3.8, 4) is 0 Å². The Morgan fingerprint density at radius 2 is 1.81 bits per heavy atom. The Balaban J connectivity index is 1.60. The van der Waals surface area contributed by atoms with E-state index < -0.39 is 10.0 Å². The molecule has 8 nitrogen and oxygen atoms in total. The van der Waals surface area contributed by atoms with Gasteiger partial charge in [0.2, 0.25) is 10.0 Å². The highest BCUT2D eigenvalue weighted by molar-refractivity contribution is 7.89. The van der Waals surface area contributed by atoms with Gasteiger partial charge in [-0.25, -0.2) is 13.5 Å². The first-order chi connectivity index (χ1) is 12.4. The monoisotopic (exact) mass is 376 g/mol. The summed E-state index contributed by atoms with van der Waals surface area (Å²) in [6.45, 7) is 2.57. The van der Waals surface area contributed by atoms with Crippen molar-refractivity contribution in [2.45, 2.75) is 30.7 Å². The Morgan fingerprint density at radius 3 is 2.38 bits per heavy atom. The number of aryl methyl sites for hydroxylation is 1. The fraction of sp³-hybridized carbons (Fsp3) is 0.353. The summed E-state index contributed by atoms with van der Waals surface area (Å²) in [6.07, 6.45) is 1.03. The van der Waals surface area contributed by atoms with Crippen LogP contribution in [0.2, 0.25) is 0 Å². The molecule has 3 rings (SSSR count). The van der Waals surface area contributed by atoms with Gasteiger partial charge >= 0.3 is 0 Å². The second-order valence-corrected chi connectivity index (χ2v) is 8.21. The topological polar surface area (TPSA) is 112 Å². The number of hydrogen-bond donors (Lipinski definition) is 2. The minimum Gasteiger partial charge on any atom is -0.348 e. The van der Waals surface area contributed by atoms with Crippen molar-refractivity contribution in [3.05, 3.63) is 58.0 Å². The standard InChI is InChI=1S/C17H20N4O4S/c1-12-2-4-14(5-3-12)26(24,25)21-10-8-13(9-11-21)18-17(23)15-6-7-16(22)20-19-15/h2-7,13H,8-11H2,1H3,(H,18,23)(H,20,22). The van der Waals surface area contributed by atoms with E-state index in [-0.39, 0.29) is 28.1 Å². The van der Waals surface area contributed by atoms with E-state index in [9.17, 15) is 18.0 Å². The summed E-state index contributed by atoms with van der Waals surface area (Å²) in [4.78, 5) is 23.4. The predicted molar refractivity (Wildman–Crippen MR) is 95.3 cm³/mol. The molecule has 9 heteroatoms. The Bertz CT molecular complexity index is 925. The molecule has 1 aliphatic heterocycles. The average molecular weight is 376 g/mol. The van der Waals surface area contributed by atoms with Gasteiger partial charge in [0.05, 0.1) is 4.90 Å². The van der Waals surface area contributed by atoms with E-state index in [4.69, 9.17) is 0 Å². The molecule has 0 unspecified atom stereocenters. The van der Waals surface area contributed by atoms with E-state index >= 15 is 0 Å². The van der Waals surface area contributed by atoms with Gasteiger partial charge in [0.1, 0.15) is 5.69 Å². The summed E-state index contributed by atoms with van der Waals surface area (Å²) in [5.74, 6) is -0.388. The zero-order valence-corrected chi connectivity index (χ0v) is 15.1. The molecule has 2 aromatic rings. The van der Waals surface area contributed by atoms with Crippen LogP contribution in [-0.4, -0.2) is 48.0 Å². The number of aromatic nitrogens is 2. The van der Waals surface area contributed by atoms with Crippen LogP contribution >= 0.6 is 0 Å². The molecule has 0 saturated carbocycles. The van der Waals surface area contributed by atoms with Crippen LogP contribution in [0.5, 0.6) is 0 Å². The van der Waals surface area contributed by atoms with Gasteiger partial charge in [0, 0.05) is 25.2 Å². The molecule has 1 aromatic heterocycles. The van der Waals surface area contributed by atoms with Gasteiger partial charge in [-0.15, -0.1) is 0 Å². The SMILES string of the molecule is Cc1ccc(S(=O)(=O)N2CCC(NC(=O)c3ccc(=O)[nH]n3)CC2)cc1. The zero-order chi connectivity index (χ0) is 18.7. The highest BCUT2D eigenvalue weighted by Gasteiger charge is 2.30. The maximum Gasteiger partial charge on any atom is 0.271 e. The Labute approximate surface area is 151 Å². The number of nitrogens with zero attached hydrogens (tertiary/aromatic N) is 2. The number of aromatic amines is 1. The van der Waals surface area contributed by atoms with Crippen LogP contribution in [0.15, 0.2) is 46.1 Å². The van der Waals surface area contributed by atoms with Crippen LogP contribution in [0.3, 0.4) is 0 Å². The summed E-state index contributed by atoms with van der Waals surface area (Å²) in [7, 11) is -3.52. The highest BCUT2D eigenvalue weighted by atomic mass is 32.2. The largest absolute Gasteiger partial charge is 0.348 e. The minimum absolute atomic E-state index is 0.124. The summed E-state index contributed by atoms with van der Waals surface area (Å²) < 4.78 is 26.8. The van der Waals surface area contributed by atoms with Crippen LogP contribution in [-0.2, 0) is 10.0 Å². The van der Waals surface area contributed by atoms with E-state index in [1.165, 1.54) is 16.4 Å². The molecular formula is C17H20N4O4S. The number of sulfonamides is 1. The third kappa shape index (κ3) is 4.00. The van der Waals surface area contributed by atoms with Crippen molar-refractivity contribution >= 4 is 15.9 Å². The molecule has 0 aliphatic carbocycles. The van der Waals surface area contributed by atoms with Crippen LogP contribution in [0, 0.1) is 6.92 Å². The third-order valence-corrected chi connectivity index (χ3v) is 6.27. The van der Waals surface area contributed by atoms with Gasteiger partial charge in [-0.1, -0.05) is 17.7 Å². The van der Waals surface area contributed by atoms with Gasteiger partial charge in [-0.2, -0.15) is 9.40 Å². The fourth-order valence-electron chi connectivity index (χ4n) is 2.83. The van der Waals surface area contributed by atoms with Gasteiger partial charge < -0.3 is 5.32 Å². The van der Waals surface area contributed by atoms with E-state index in [2.05, 4.69) is 15.5 Å². The van der Waals surface area contributed by atoms with Crippen molar-refractivity contribution in [1.29, 1.82) is 0 Å². The molecule has 1 fully saturated rings. The predicted octanol–water partition coefficient (Wildman–Crippen LogP) is 0.661. The Hall–Kier alpha value is -2.52. The van der Waals surface area contributed by atoms with Crippen molar-refractivity contribution in [2.24, 2.45) is 0 Å². The molecule has 138 valence electrons. The van der Waals surface area contributed by atoms with Crippen LogP contribution in [0.25, 0.3) is 0 Å². The Kier molecular flexibility index (Phi) is 5.19. The molecule has 0 radical (unpaired) electrons. The third-order valence-electron chi connectivity index (χ3n) is 4.36. The second kappa shape index (κ2) is 7.38. The van der Waals surface area contributed by atoms with E-state index in [0.717, 1.165) is 5.56 Å². The molecule has 1 amide bonds. The van der Waals surface area contributed by atoms with E-state index in [1.54, 1.807) is 24.3 Å². The number of piperidine rings is 1. The maximum atomic E-state index is 12.7. The van der Waals surface area contributed by atoms with Gasteiger partial charge in [-0.3, -0.25) is 9.59 Å². The normalized spacial score (nSPS) is 16.3. The van der Waals surface area contributed by atoms with Crippen LogP contribution in [0.4, 0.5) is 0 Å². The number of rotatable bonds is 4. The zero-order valence-electron chi connectivity index (χ0n) is 14.3.